The average Bonchev–Trinajstić information content (AvgIpc) is 2.26. The van der Waals surface area contributed by atoms with Crippen molar-refractivity contribution in [3.8, 4) is 0 Å². The maximum absolute atomic E-state index is 11.6. The summed E-state index contributed by atoms with van der Waals surface area (Å²) in [5, 5.41) is 2.57. The second kappa shape index (κ2) is 5.39. The lowest BCUT2D eigenvalue weighted by Crippen LogP contribution is -2.31. The molecule has 0 aliphatic carbocycles. The van der Waals surface area contributed by atoms with Gasteiger partial charge in [-0.2, -0.15) is 0 Å². The Balaban J connectivity index is 2.53. The van der Waals surface area contributed by atoms with E-state index in [1.807, 2.05) is 20.8 Å². The Morgan fingerprint density at radius 2 is 2.06 bits per heavy atom. The van der Waals surface area contributed by atoms with Crippen LogP contribution in [0.3, 0.4) is 0 Å². The number of rotatable bonds is 4. The van der Waals surface area contributed by atoms with E-state index in [2.05, 4.69) is 10.3 Å². The van der Waals surface area contributed by atoms with E-state index >= 15 is 0 Å². The highest BCUT2D eigenvalue weighted by Crippen LogP contribution is 1.99. The Kier molecular flexibility index (Phi) is 4.17. The van der Waals surface area contributed by atoms with Crippen LogP contribution in [-0.4, -0.2) is 23.2 Å². The zero-order valence-corrected chi connectivity index (χ0v) is 9.78. The number of amides is 1. The number of nitrogens with one attached hydrogen (secondary N) is 1. The van der Waals surface area contributed by atoms with Gasteiger partial charge >= 0.3 is 0 Å². The van der Waals surface area contributed by atoms with Crippen LogP contribution in [0.25, 0.3) is 0 Å². The molecule has 0 bridgehead atoms. The van der Waals surface area contributed by atoms with E-state index in [0.29, 0.717) is 5.56 Å². The van der Waals surface area contributed by atoms with Gasteiger partial charge in [-0.3, -0.25) is 14.6 Å². The van der Waals surface area contributed by atoms with Crippen LogP contribution in [0.2, 0.25) is 0 Å². The largest absolute Gasteiger partial charge is 0.345 e. The van der Waals surface area contributed by atoms with Gasteiger partial charge in [-0.25, -0.2) is 0 Å². The number of nitrogens with zero attached hydrogens (tertiary/aromatic N) is 1. The molecule has 1 N–H and O–H groups in total. The summed E-state index contributed by atoms with van der Waals surface area (Å²) >= 11 is 0. The minimum atomic E-state index is -0.262. The summed E-state index contributed by atoms with van der Waals surface area (Å²) in [6.07, 6.45) is 1.50. The van der Waals surface area contributed by atoms with Crippen LogP contribution in [-0.2, 0) is 4.79 Å². The van der Waals surface area contributed by atoms with Crippen LogP contribution in [0.15, 0.2) is 18.3 Å². The lowest BCUT2D eigenvalue weighted by Gasteiger charge is -2.06. The normalized spacial score (nSPS) is 10.2. The van der Waals surface area contributed by atoms with E-state index in [9.17, 15) is 9.59 Å². The lowest BCUT2D eigenvalue weighted by molar-refractivity contribution is -0.120. The zero-order chi connectivity index (χ0) is 12.1. The van der Waals surface area contributed by atoms with Crippen LogP contribution in [0, 0.1) is 12.8 Å². The van der Waals surface area contributed by atoms with Crippen molar-refractivity contribution >= 4 is 11.7 Å². The smallest absolute Gasteiger partial charge is 0.253 e. The molecule has 1 heterocycles. The molecule has 0 spiro atoms. The van der Waals surface area contributed by atoms with Crippen LogP contribution in [0.5, 0.6) is 0 Å². The maximum atomic E-state index is 11.6. The van der Waals surface area contributed by atoms with Crippen molar-refractivity contribution in [2.75, 3.05) is 6.54 Å². The molecule has 16 heavy (non-hydrogen) atoms. The standard InChI is InChI=1S/C12H16N2O2/c1-8(2)11(15)7-14-12(16)10-5-4-9(3)13-6-10/h4-6,8H,7H2,1-3H3,(H,14,16). The topological polar surface area (TPSA) is 59.1 Å². The fraction of sp³-hybridized carbons (Fsp3) is 0.417. The average molecular weight is 220 g/mol. The molecule has 0 atom stereocenters. The third-order valence-electron chi connectivity index (χ3n) is 2.24. The Morgan fingerprint density at radius 3 is 2.56 bits per heavy atom. The maximum Gasteiger partial charge on any atom is 0.253 e. The summed E-state index contributed by atoms with van der Waals surface area (Å²) in [6.45, 7) is 5.54. The predicted octanol–water partition coefficient (Wildman–Crippen LogP) is 1.34. The summed E-state index contributed by atoms with van der Waals surface area (Å²) in [6, 6.07) is 3.46. The monoisotopic (exact) mass is 220 g/mol. The van der Waals surface area contributed by atoms with Gasteiger partial charge in [-0.1, -0.05) is 13.8 Å². The van der Waals surface area contributed by atoms with Crippen LogP contribution >= 0.6 is 0 Å². The molecule has 0 saturated heterocycles. The van der Waals surface area contributed by atoms with Crippen LogP contribution in [0.1, 0.15) is 29.9 Å². The van der Waals surface area contributed by atoms with Crippen molar-refractivity contribution in [3.63, 3.8) is 0 Å². The molecule has 1 aromatic heterocycles. The minimum absolute atomic E-state index is 0.0217. The Morgan fingerprint density at radius 1 is 1.38 bits per heavy atom. The number of carbonyl (C=O) groups excluding carboxylic acids is 2. The molecule has 0 aliphatic heterocycles. The molecule has 0 aromatic carbocycles. The number of hydrogen-bond donors (Lipinski definition) is 1. The second-order valence-corrected chi connectivity index (χ2v) is 3.99. The number of ketones is 1. The molecule has 86 valence electrons. The first-order chi connectivity index (χ1) is 7.50. The Bertz CT molecular complexity index is 383. The first-order valence-electron chi connectivity index (χ1n) is 5.24. The number of pyridine rings is 1. The van der Waals surface area contributed by atoms with E-state index in [-0.39, 0.29) is 24.2 Å². The fourth-order valence-electron chi connectivity index (χ4n) is 1.08. The van der Waals surface area contributed by atoms with Crippen molar-refractivity contribution in [3.05, 3.63) is 29.6 Å². The van der Waals surface area contributed by atoms with E-state index in [0.717, 1.165) is 5.69 Å². The third kappa shape index (κ3) is 3.46. The van der Waals surface area contributed by atoms with Gasteiger partial charge in [0.1, 0.15) is 0 Å². The summed E-state index contributed by atoms with van der Waals surface area (Å²) in [4.78, 5) is 26.9. The van der Waals surface area contributed by atoms with Crippen LogP contribution < -0.4 is 5.32 Å². The lowest BCUT2D eigenvalue weighted by atomic mass is 10.1. The molecule has 4 heteroatoms. The molecule has 1 rings (SSSR count). The van der Waals surface area contributed by atoms with Gasteiger partial charge < -0.3 is 5.32 Å². The predicted molar refractivity (Wildman–Crippen MR) is 61.2 cm³/mol. The van der Waals surface area contributed by atoms with Crippen LogP contribution in [0.4, 0.5) is 0 Å². The molecule has 0 aliphatic rings. The third-order valence-corrected chi connectivity index (χ3v) is 2.24. The number of carbonyl (C=O) groups is 2. The highest BCUT2D eigenvalue weighted by atomic mass is 16.2. The Hall–Kier alpha value is -1.71. The van der Waals surface area contributed by atoms with E-state index < -0.39 is 0 Å². The SMILES string of the molecule is Cc1ccc(C(=O)NCC(=O)C(C)C)cn1. The van der Waals surface area contributed by atoms with Gasteiger partial charge in [0.05, 0.1) is 12.1 Å². The number of hydrogen-bond acceptors (Lipinski definition) is 3. The van der Waals surface area contributed by atoms with E-state index in [1.165, 1.54) is 6.20 Å². The first kappa shape index (κ1) is 12.4. The molecule has 1 amide bonds. The van der Waals surface area contributed by atoms with Crippen molar-refractivity contribution in [2.24, 2.45) is 5.92 Å². The summed E-state index contributed by atoms with van der Waals surface area (Å²) in [5.41, 5.74) is 1.33. The minimum Gasteiger partial charge on any atom is -0.345 e. The molecule has 0 unspecified atom stereocenters. The fourth-order valence-corrected chi connectivity index (χ4v) is 1.08. The van der Waals surface area contributed by atoms with Crippen molar-refractivity contribution in [1.29, 1.82) is 0 Å². The molecule has 4 nitrogen and oxygen atoms in total. The zero-order valence-electron chi connectivity index (χ0n) is 9.78. The van der Waals surface area contributed by atoms with Crippen molar-refractivity contribution < 1.29 is 9.59 Å². The summed E-state index contributed by atoms with van der Waals surface area (Å²) in [7, 11) is 0. The highest BCUT2D eigenvalue weighted by Gasteiger charge is 2.10. The van der Waals surface area contributed by atoms with Gasteiger partial charge in [0, 0.05) is 17.8 Å². The molecular formula is C12H16N2O2. The van der Waals surface area contributed by atoms with Gasteiger partial charge in [-0.05, 0) is 19.1 Å². The van der Waals surface area contributed by atoms with Crippen molar-refractivity contribution in [1.82, 2.24) is 10.3 Å². The van der Waals surface area contributed by atoms with Gasteiger partial charge in [0.2, 0.25) is 0 Å². The highest BCUT2D eigenvalue weighted by molar-refractivity contribution is 5.96. The van der Waals surface area contributed by atoms with Gasteiger partial charge in [-0.15, -0.1) is 0 Å². The molecular weight excluding hydrogens is 204 g/mol. The summed E-state index contributed by atoms with van der Waals surface area (Å²) in [5.74, 6) is -0.300. The Labute approximate surface area is 95.1 Å². The number of aryl methyl sites for hydroxylation is 1. The van der Waals surface area contributed by atoms with Gasteiger partial charge in [0.25, 0.3) is 5.91 Å². The molecule has 0 fully saturated rings. The number of aromatic nitrogens is 1. The van der Waals surface area contributed by atoms with E-state index in [1.54, 1.807) is 12.1 Å². The number of Topliss-reactive ketones (excluding diaryl/α,β-unsaturated/α-hetero) is 1. The first-order valence-corrected chi connectivity index (χ1v) is 5.24. The van der Waals surface area contributed by atoms with Crippen molar-refractivity contribution in [2.45, 2.75) is 20.8 Å². The molecule has 0 radical (unpaired) electrons. The quantitative estimate of drug-likeness (QED) is 0.833. The van der Waals surface area contributed by atoms with E-state index in [4.69, 9.17) is 0 Å². The second-order valence-electron chi connectivity index (χ2n) is 3.99. The summed E-state index contributed by atoms with van der Waals surface area (Å²) < 4.78 is 0. The van der Waals surface area contributed by atoms with Gasteiger partial charge in [0.15, 0.2) is 5.78 Å². The molecule has 0 saturated carbocycles. The molecule has 1 aromatic rings.